The lowest BCUT2D eigenvalue weighted by molar-refractivity contribution is 0.198. The van der Waals surface area contributed by atoms with Gasteiger partial charge in [0.1, 0.15) is 5.82 Å². The topological polar surface area (TPSA) is 98.5 Å². The number of halogens is 1. The molecule has 29 heavy (non-hydrogen) atoms. The smallest absolute Gasteiger partial charge is 0.229 e. The van der Waals surface area contributed by atoms with E-state index in [2.05, 4.69) is 20.6 Å². The molecule has 2 aromatic heterocycles. The first-order valence-electron chi connectivity index (χ1n) is 8.90. The molecule has 0 atom stereocenters. The minimum atomic E-state index is -3.88. The standard InChI is InChI=1S/C19H18ClN5O3S/c1-28-11-5-10-21-17-15-12-13(20)8-9-16(15)25-18(22-17)19(23-24-25)29(26,27)14-6-3-2-4-7-14/h2-4,6-9,12H,5,10-11H2,1H3,(H,21,22). The molecule has 0 aliphatic carbocycles. The number of hydrogen-bond donors (Lipinski definition) is 1. The van der Waals surface area contributed by atoms with Gasteiger partial charge in [-0.05, 0) is 36.8 Å². The zero-order valence-electron chi connectivity index (χ0n) is 15.5. The van der Waals surface area contributed by atoms with Crippen LogP contribution in [0.5, 0.6) is 0 Å². The fourth-order valence-corrected chi connectivity index (χ4v) is 4.44. The van der Waals surface area contributed by atoms with Crippen LogP contribution >= 0.6 is 11.6 Å². The van der Waals surface area contributed by atoms with Gasteiger partial charge < -0.3 is 10.1 Å². The Balaban J connectivity index is 1.90. The molecule has 0 bridgehead atoms. The number of hydrogen-bond acceptors (Lipinski definition) is 7. The SMILES string of the molecule is COCCCNc1nc2c(S(=O)(=O)c3ccccc3)nnn2c2ccc(Cl)cc12. The molecular formula is C19H18ClN5O3S. The molecule has 0 saturated carbocycles. The molecule has 0 aliphatic rings. The van der Waals surface area contributed by atoms with Gasteiger partial charge in [0, 0.05) is 30.7 Å². The first-order chi connectivity index (χ1) is 14.0. The van der Waals surface area contributed by atoms with Crippen LogP contribution in [0.4, 0.5) is 5.82 Å². The van der Waals surface area contributed by atoms with Gasteiger partial charge in [-0.1, -0.05) is 35.0 Å². The third-order valence-electron chi connectivity index (χ3n) is 4.40. The number of nitrogens with zero attached hydrogens (tertiary/aromatic N) is 4. The highest BCUT2D eigenvalue weighted by atomic mass is 35.5. The Kier molecular flexibility index (Phi) is 5.35. The summed E-state index contributed by atoms with van der Waals surface area (Å²) in [6.45, 7) is 1.19. The average molecular weight is 432 g/mol. The molecule has 0 aliphatic heterocycles. The van der Waals surface area contributed by atoms with Gasteiger partial charge in [0.25, 0.3) is 0 Å². The zero-order valence-corrected chi connectivity index (χ0v) is 17.1. The molecule has 2 heterocycles. The van der Waals surface area contributed by atoms with E-state index in [1.54, 1.807) is 43.5 Å². The van der Waals surface area contributed by atoms with Gasteiger partial charge in [0.05, 0.1) is 10.4 Å². The monoisotopic (exact) mass is 431 g/mol. The van der Waals surface area contributed by atoms with Crippen LogP contribution in [0.3, 0.4) is 0 Å². The molecule has 0 amide bonds. The van der Waals surface area contributed by atoms with Crippen molar-refractivity contribution in [1.82, 2.24) is 19.8 Å². The second kappa shape index (κ2) is 7.94. The van der Waals surface area contributed by atoms with Gasteiger partial charge in [0.15, 0.2) is 5.65 Å². The Labute approximate surface area is 172 Å². The van der Waals surface area contributed by atoms with E-state index < -0.39 is 9.84 Å². The third-order valence-corrected chi connectivity index (χ3v) is 6.30. The summed E-state index contributed by atoms with van der Waals surface area (Å²) in [5.41, 5.74) is 0.800. The highest BCUT2D eigenvalue weighted by Crippen LogP contribution is 2.29. The number of aromatic nitrogens is 4. The van der Waals surface area contributed by atoms with Gasteiger partial charge >= 0.3 is 0 Å². The van der Waals surface area contributed by atoms with Crippen molar-refractivity contribution in [2.45, 2.75) is 16.3 Å². The number of methoxy groups -OCH3 is 1. The lowest BCUT2D eigenvalue weighted by atomic mass is 10.2. The number of ether oxygens (including phenoxy) is 1. The van der Waals surface area contributed by atoms with Crippen molar-refractivity contribution >= 4 is 43.8 Å². The third kappa shape index (κ3) is 3.64. The second-order valence-corrected chi connectivity index (χ2v) is 8.64. The highest BCUT2D eigenvalue weighted by Gasteiger charge is 2.27. The van der Waals surface area contributed by atoms with Crippen molar-refractivity contribution < 1.29 is 13.2 Å². The van der Waals surface area contributed by atoms with Crippen LogP contribution in [0, 0.1) is 0 Å². The van der Waals surface area contributed by atoms with Gasteiger partial charge in [-0.15, -0.1) is 5.10 Å². The van der Waals surface area contributed by atoms with Gasteiger partial charge in [0.2, 0.25) is 14.9 Å². The predicted octanol–water partition coefficient (Wildman–Crippen LogP) is 3.21. The predicted molar refractivity (Wildman–Crippen MR) is 110 cm³/mol. The minimum absolute atomic E-state index is 0.134. The largest absolute Gasteiger partial charge is 0.385 e. The first-order valence-corrected chi connectivity index (χ1v) is 10.8. The van der Waals surface area contributed by atoms with Crippen LogP contribution in [0.15, 0.2) is 58.5 Å². The van der Waals surface area contributed by atoms with Crippen molar-refractivity contribution in [3.8, 4) is 0 Å². The van der Waals surface area contributed by atoms with E-state index in [4.69, 9.17) is 16.3 Å². The van der Waals surface area contributed by atoms with Crippen LogP contribution in [0.1, 0.15) is 6.42 Å². The second-order valence-electron chi connectivity index (χ2n) is 6.34. The van der Waals surface area contributed by atoms with Crippen molar-refractivity contribution in [2.24, 2.45) is 0 Å². The van der Waals surface area contributed by atoms with E-state index >= 15 is 0 Å². The summed E-state index contributed by atoms with van der Waals surface area (Å²) in [6.07, 6.45) is 0.762. The fraction of sp³-hybridized carbons (Fsp3) is 0.211. The van der Waals surface area contributed by atoms with E-state index in [0.717, 1.165) is 11.8 Å². The highest BCUT2D eigenvalue weighted by molar-refractivity contribution is 7.91. The van der Waals surface area contributed by atoms with Gasteiger partial charge in [-0.25, -0.2) is 13.4 Å². The molecule has 2 aromatic carbocycles. The molecule has 0 spiro atoms. The molecule has 0 saturated heterocycles. The fourth-order valence-electron chi connectivity index (χ4n) is 3.01. The number of rotatable bonds is 7. The molecule has 8 nitrogen and oxygen atoms in total. The van der Waals surface area contributed by atoms with E-state index in [9.17, 15) is 8.42 Å². The Hall–Kier alpha value is -2.75. The normalized spacial score (nSPS) is 11.9. The summed E-state index contributed by atoms with van der Waals surface area (Å²) in [5.74, 6) is 0.512. The van der Waals surface area contributed by atoms with E-state index in [0.29, 0.717) is 29.5 Å². The number of anilines is 1. The number of nitrogens with one attached hydrogen (secondary N) is 1. The Bertz CT molecular complexity index is 1280. The quantitative estimate of drug-likeness (QED) is 0.448. The van der Waals surface area contributed by atoms with Crippen molar-refractivity contribution in [3.63, 3.8) is 0 Å². The zero-order chi connectivity index (χ0) is 20.4. The molecule has 0 unspecified atom stereocenters. The Morgan fingerprint density at radius 1 is 1.17 bits per heavy atom. The minimum Gasteiger partial charge on any atom is -0.385 e. The first kappa shape index (κ1) is 19.6. The summed E-state index contributed by atoms with van der Waals surface area (Å²) in [7, 11) is -2.24. The molecule has 4 aromatic rings. The maximum Gasteiger partial charge on any atom is 0.229 e. The maximum absolute atomic E-state index is 13.1. The van der Waals surface area contributed by atoms with E-state index in [-0.39, 0.29) is 15.6 Å². The molecule has 150 valence electrons. The van der Waals surface area contributed by atoms with Crippen molar-refractivity contribution in [1.29, 1.82) is 0 Å². The average Bonchev–Trinajstić information content (AvgIpc) is 3.16. The van der Waals surface area contributed by atoms with Crippen LogP contribution < -0.4 is 5.32 Å². The molecule has 0 fully saturated rings. The lowest BCUT2D eigenvalue weighted by Crippen LogP contribution is -2.09. The van der Waals surface area contributed by atoms with Crippen LogP contribution in [-0.4, -0.2) is 48.5 Å². The Morgan fingerprint density at radius 2 is 1.97 bits per heavy atom. The van der Waals surface area contributed by atoms with Gasteiger partial charge in [-0.3, -0.25) is 0 Å². The summed E-state index contributed by atoms with van der Waals surface area (Å²) in [5, 5.41) is 12.3. The molecule has 1 N–H and O–H groups in total. The lowest BCUT2D eigenvalue weighted by Gasteiger charge is -2.11. The number of benzene rings is 2. The number of fused-ring (bicyclic) bond motifs is 3. The molecule has 4 rings (SSSR count). The van der Waals surface area contributed by atoms with Crippen molar-refractivity contribution in [2.75, 3.05) is 25.6 Å². The van der Waals surface area contributed by atoms with E-state index in [1.165, 1.54) is 16.6 Å². The van der Waals surface area contributed by atoms with Crippen LogP contribution in [-0.2, 0) is 14.6 Å². The summed E-state index contributed by atoms with van der Waals surface area (Å²) >= 11 is 6.17. The molecule has 0 radical (unpaired) electrons. The van der Waals surface area contributed by atoms with Crippen LogP contribution in [0.2, 0.25) is 5.02 Å². The molecular weight excluding hydrogens is 414 g/mol. The number of sulfone groups is 1. The summed E-state index contributed by atoms with van der Waals surface area (Å²) in [6, 6.07) is 13.3. The van der Waals surface area contributed by atoms with Gasteiger partial charge in [-0.2, -0.15) is 4.52 Å². The molecule has 10 heteroatoms. The summed E-state index contributed by atoms with van der Waals surface area (Å²) in [4.78, 5) is 4.68. The van der Waals surface area contributed by atoms with Crippen LogP contribution in [0.25, 0.3) is 16.6 Å². The maximum atomic E-state index is 13.1. The Morgan fingerprint density at radius 3 is 2.72 bits per heavy atom. The summed E-state index contributed by atoms with van der Waals surface area (Å²) < 4.78 is 32.7. The van der Waals surface area contributed by atoms with Crippen molar-refractivity contribution in [3.05, 3.63) is 53.6 Å². The van der Waals surface area contributed by atoms with E-state index in [1.807, 2.05) is 0 Å².